The van der Waals surface area contributed by atoms with Crippen LogP contribution in [0.1, 0.15) is 25.7 Å². The summed E-state index contributed by atoms with van der Waals surface area (Å²) in [6.45, 7) is 3.08. The number of benzene rings is 1. The van der Waals surface area contributed by atoms with Gasteiger partial charge in [-0.2, -0.15) is 5.10 Å². The quantitative estimate of drug-likeness (QED) is 0.829. The minimum atomic E-state index is -0.105. The van der Waals surface area contributed by atoms with Gasteiger partial charge in [-0.1, -0.05) is 0 Å². The summed E-state index contributed by atoms with van der Waals surface area (Å²) in [6, 6.07) is 11.2. The van der Waals surface area contributed by atoms with Gasteiger partial charge in [-0.05, 0) is 75.0 Å². The molecule has 0 spiro atoms. The molecule has 1 atom stereocenters. The van der Waals surface area contributed by atoms with Gasteiger partial charge in [-0.3, -0.25) is 4.79 Å². The summed E-state index contributed by atoms with van der Waals surface area (Å²) >= 11 is 0. The minimum absolute atomic E-state index is 0.105. The van der Waals surface area contributed by atoms with Gasteiger partial charge in [0.25, 0.3) is 5.56 Å². The smallest absolute Gasteiger partial charge is 0.266 e. The fourth-order valence-corrected chi connectivity index (χ4v) is 3.11. The summed E-state index contributed by atoms with van der Waals surface area (Å²) in [4.78, 5) is 11.4. The molecule has 2 aromatic rings. The van der Waals surface area contributed by atoms with Crippen molar-refractivity contribution in [2.75, 3.05) is 19.7 Å². The van der Waals surface area contributed by atoms with Crippen molar-refractivity contribution in [2.24, 2.45) is 13.0 Å². The van der Waals surface area contributed by atoms with Crippen LogP contribution >= 0.6 is 0 Å². The van der Waals surface area contributed by atoms with E-state index in [0.29, 0.717) is 0 Å². The van der Waals surface area contributed by atoms with Crippen LogP contribution in [0.4, 0.5) is 0 Å². The van der Waals surface area contributed by atoms with Gasteiger partial charge < -0.3 is 10.1 Å². The molecule has 128 valence electrons. The topological polar surface area (TPSA) is 56.1 Å². The van der Waals surface area contributed by atoms with E-state index in [1.54, 1.807) is 13.1 Å². The van der Waals surface area contributed by atoms with E-state index in [1.165, 1.54) is 36.6 Å². The van der Waals surface area contributed by atoms with E-state index in [2.05, 4.69) is 10.4 Å². The summed E-state index contributed by atoms with van der Waals surface area (Å²) in [6.07, 6.45) is 4.96. The number of hydrogen-bond donors (Lipinski definition) is 1. The lowest BCUT2D eigenvalue weighted by Gasteiger charge is -2.22. The van der Waals surface area contributed by atoms with Crippen LogP contribution in [-0.4, -0.2) is 29.5 Å². The molecule has 1 aromatic heterocycles. The average Bonchev–Trinajstić information content (AvgIpc) is 2.62. The van der Waals surface area contributed by atoms with Crippen molar-refractivity contribution in [2.45, 2.75) is 25.7 Å². The predicted octanol–water partition coefficient (Wildman–Crippen LogP) is 2.61. The summed E-state index contributed by atoms with van der Waals surface area (Å²) in [5.74, 6) is 1.69. The molecule has 0 radical (unpaired) electrons. The van der Waals surface area contributed by atoms with Crippen molar-refractivity contribution in [1.29, 1.82) is 0 Å². The lowest BCUT2D eigenvalue weighted by Crippen LogP contribution is -2.29. The van der Waals surface area contributed by atoms with Crippen LogP contribution in [0.5, 0.6) is 5.75 Å². The lowest BCUT2D eigenvalue weighted by molar-refractivity contribution is 0.275. The van der Waals surface area contributed by atoms with Crippen LogP contribution in [0, 0.1) is 5.92 Å². The van der Waals surface area contributed by atoms with Crippen molar-refractivity contribution >= 4 is 0 Å². The number of aromatic nitrogens is 2. The summed E-state index contributed by atoms with van der Waals surface area (Å²) < 4.78 is 7.18. The number of hydrogen-bond acceptors (Lipinski definition) is 4. The second-order valence-corrected chi connectivity index (χ2v) is 6.41. The minimum Gasteiger partial charge on any atom is -0.494 e. The third-order valence-electron chi connectivity index (χ3n) is 4.53. The number of nitrogens with zero attached hydrogens (tertiary/aromatic N) is 2. The standard InChI is InChI=1S/C19H25N3O2/c1-22-19(23)11-10-18(21-22)16-6-8-17(9-7-16)24-13-3-5-15-4-2-12-20-14-15/h6-11,15,20H,2-5,12-14H2,1H3. The lowest BCUT2D eigenvalue weighted by atomic mass is 9.95. The highest BCUT2D eigenvalue weighted by molar-refractivity contribution is 5.59. The molecular weight excluding hydrogens is 302 g/mol. The number of nitrogens with one attached hydrogen (secondary N) is 1. The first-order valence-corrected chi connectivity index (χ1v) is 8.71. The van der Waals surface area contributed by atoms with Gasteiger partial charge in [0.2, 0.25) is 0 Å². The van der Waals surface area contributed by atoms with E-state index < -0.39 is 0 Å². The Balaban J connectivity index is 1.49. The number of rotatable bonds is 6. The molecule has 5 heteroatoms. The molecule has 1 aromatic carbocycles. The molecule has 24 heavy (non-hydrogen) atoms. The Bertz CT molecular complexity index is 703. The summed E-state index contributed by atoms with van der Waals surface area (Å²) in [7, 11) is 1.66. The Morgan fingerprint density at radius 1 is 1.25 bits per heavy atom. The monoisotopic (exact) mass is 327 g/mol. The van der Waals surface area contributed by atoms with Gasteiger partial charge >= 0.3 is 0 Å². The number of aryl methyl sites for hydroxylation is 1. The van der Waals surface area contributed by atoms with Crippen LogP contribution in [0.15, 0.2) is 41.2 Å². The van der Waals surface area contributed by atoms with E-state index >= 15 is 0 Å². The van der Waals surface area contributed by atoms with E-state index in [-0.39, 0.29) is 5.56 Å². The molecule has 1 unspecified atom stereocenters. The molecule has 1 aliphatic rings. The Hall–Kier alpha value is -2.14. The molecule has 0 bridgehead atoms. The van der Waals surface area contributed by atoms with Crippen LogP contribution in [-0.2, 0) is 7.05 Å². The molecule has 2 heterocycles. The second-order valence-electron chi connectivity index (χ2n) is 6.41. The van der Waals surface area contributed by atoms with Crippen molar-refractivity contribution in [3.8, 4) is 17.0 Å². The molecular formula is C19H25N3O2. The third-order valence-corrected chi connectivity index (χ3v) is 4.53. The largest absolute Gasteiger partial charge is 0.494 e. The van der Waals surface area contributed by atoms with E-state index in [9.17, 15) is 4.79 Å². The molecule has 0 aliphatic carbocycles. The van der Waals surface area contributed by atoms with Crippen LogP contribution in [0.3, 0.4) is 0 Å². The zero-order chi connectivity index (χ0) is 16.8. The Morgan fingerprint density at radius 2 is 2.08 bits per heavy atom. The summed E-state index contributed by atoms with van der Waals surface area (Å²) in [5.41, 5.74) is 1.66. The van der Waals surface area contributed by atoms with Gasteiger partial charge in [0, 0.05) is 18.7 Å². The molecule has 1 saturated heterocycles. The van der Waals surface area contributed by atoms with Crippen molar-refractivity contribution < 1.29 is 4.74 Å². The second kappa shape index (κ2) is 8.11. The zero-order valence-electron chi connectivity index (χ0n) is 14.2. The predicted molar refractivity (Wildman–Crippen MR) is 95.2 cm³/mol. The van der Waals surface area contributed by atoms with Gasteiger partial charge in [0.05, 0.1) is 12.3 Å². The van der Waals surface area contributed by atoms with Crippen LogP contribution < -0.4 is 15.6 Å². The van der Waals surface area contributed by atoms with Gasteiger partial charge in [-0.15, -0.1) is 0 Å². The van der Waals surface area contributed by atoms with Crippen LogP contribution in [0.25, 0.3) is 11.3 Å². The highest BCUT2D eigenvalue weighted by Gasteiger charge is 2.12. The number of ether oxygens (including phenoxy) is 1. The van der Waals surface area contributed by atoms with Gasteiger partial charge in [-0.25, -0.2) is 4.68 Å². The first kappa shape index (κ1) is 16.7. The zero-order valence-corrected chi connectivity index (χ0v) is 14.2. The molecule has 1 fully saturated rings. The SMILES string of the molecule is Cn1nc(-c2ccc(OCCCC3CCCNC3)cc2)ccc1=O. The third kappa shape index (κ3) is 4.45. The van der Waals surface area contributed by atoms with Crippen molar-refractivity contribution in [3.05, 3.63) is 46.8 Å². The highest BCUT2D eigenvalue weighted by atomic mass is 16.5. The fraction of sp³-hybridized carbons (Fsp3) is 0.474. The molecule has 0 amide bonds. The maximum Gasteiger partial charge on any atom is 0.266 e. The molecule has 1 N–H and O–H groups in total. The molecule has 1 aliphatic heterocycles. The summed E-state index contributed by atoms with van der Waals surface area (Å²) in [5, 5.41) is 7.71. The van der Waals surface area contributed by atoms with Crippen LogP contribution in [0.2, 0.25) is 0 Å². The van der Waals surface area contributed by atoms with Crippen molar-refractivity contribution in [3.63, 3.8) is 0 Å². The Kier molecular flexibility index (Phi) is 5.64. The fourth-order valence-electron chi connectivity index (χ4n) is 3.11. The highest BCUT2D eigenvalue weighted by Crippen LogP contribution is 2.21. The first-order valence-electron chi connectivity index (χ1n) is 8.71. The maximum absolute atomic E-state index is 11.4. The maximum atomic E-state index is 11.4. The van der Waals surface area contributed by atoms with Gasteiger partial charge in [0.1, 0.15) is 5.75 Å². The van der Waals surface area contributed by atoms with E-state index in [4.69, 9.17) is 4.74 Å². The molecule has 0 saturated carbocycles. The van der Waals surface area contributed by atoms with Gasteiger partial charge in [0.15, 0.2) is 0 Å². The number of piperidine rings is 1. The molecule has 3 rings (SSSR count). The Morgan fingerprint density at radius 3 is 2.79 bits per heavy atom. The van der Waals surface area contributed by atoms with E-state index in [0.717, 1.165) is 42.5 Å². The Labute approximate surface area is 142 Å². The average molecular weight is 327 g/mol. The normalized spacial score (nSPS) is 17.6. The first-order chi connectivity index (χ1) is 11.7. The van der Waals surface area contributed by atoms with Crippen molar-refractivity contribution in [1.82, 2.24) is 15.1 Å². The molecule has 5 nitrogen and oxygen atoms in total. The van der Waals surface area contributed by atoms with E-state index in [1.807, 2.05) is 24.3 Å².